The molecule has 7 nitrogen and oxygen atoms in total. The van der Waals surface area contributed by atoms with Crippen molar-refractivity contribution in [3.63, 3.8) is 0 Å². The Hall–Kier alpha value is -3.14. The highest BCUT2D eigenvalue weighted by atomic mass is 35.5. The van der Waals surface area contributed by atoms with Gasteiger partial charge in [0.05, 0.1) is 10.6 Å². The number of anilines is 1. The molecule has 0 aliphatic heterocycles. The van der Waals surface area contributed by atoms with E-state index in [1.165, 1.54) is 54.3 Å². The maximum atomic E-state index is 14.9. The van der Waals surface area contributed by atoms with Crippen molar-refractivity contribution in [3.05, 3.63) is 94.2 Å². The van der Waals surface area contributed by atoms with Gasteiger partial charge in [0.25, 0.3) is 10.0 Å². The highest BCUT2D eigenvalue weighted by Crippen LogP contribution is 2.29. The van der Waals surface area contributed by atoms with Crippen LogP contribution in [0.3, 0.4) is 0 Å². The van der Waals surface area contributed by atoms with Crippen LogP contribution in [0.2, 0.25) is 10.0 Å². The summed E-state index contributed by atoms with van der Waals surface area (Å²) in [6.07, 6.45) is 0. The summed E-state index contributed by atoms with van der Waals surface area (Å²) in [5.74, 6) is -2.04. The number of rotatable bonds is 10. The Balaban J connectivity index is 2.07. The zero-order valence-electron chi connectivity index (χ0n) is 21.1. The number of nitrogens with one attached hydrogen (secondary N) is 1. The molecule has 0 radical (unpaired) electrons. The maximum absolute atomic E-state index is 14.9. The van der Waals surface area contributed by atoms with Crippen molar-refractivity contribution in [1.29, 1.82) is 0 Å². The Morgan fingerprint density at radius 3 is 2.05 bits per heavy atom. The van der Waals surface area contributed by atoms with Crippen molar-refractivity contribution >= 4 is 50.7 Å². The molecule has 0 aliphatic rings. The van der Waals surface area contributed by atoms with Crippen LogP contribution in [-0.4, -0.2) is 43.8 Å². The second-order valence-corrected chi connectivity index (χ2v) is 11.5. The molecule has 3 aromatic carbocycles. The molecule has 202 valence electrons. The lowest BCUT2D eigenvalue weighted by atomic mass is 10.1. The second-order valence-electron chi connectivity index (χ2n) is 8.84. The van der Waals surface area contributed by atoms with Crippen LogP contribution in [0.15, 0.2) is 77.7 Å². The molecule has 3 rings (SSSR count). The molecular formula is C27H28Cl2FN3O4S. The molecule has 0 saturated heterocycles. The van der Waals surface area contributed by atoms with Gasteiger partial charge in [0, 0.05) is 28.2 Å². The number of amides is 2. The van der Waals surface area contributed by atoms with Crippen LogP contribution >= 0.6 is 23.2 Å². The second kappa shape index (κ2) is 12.6. The first kappa shape index (κ1) is 29.4. The molecule has 0 bridgehead atoms. The molecule has 0 aromatic heterocycles. The highest BCUT2D eigenvalue weighted by molar-refractivity contribution is 7.92. The quantitative estimate of drug-likeness (QED) is 0.354. The molecule has 2 amide bonds. The fraction of sp³-hybridized carbons (Fsp3) is 0.259. The van der Waals surface area contributed by atoms with Crippen LogP contribution < -0.4 is 9.62 Å². The van der Waals surface area contributed by atoms with Crippen LogP contribution in [0.4, 0.5) is 10.1 Å². The number of carbonyl (C=O) groups is 2. The van der Waals surface area contributed by atoms with Gasteiger partial charge in [0.2, 0.25) is 11.8 Å². The summed E-state index contributed by atoms with van der Waals surface area (Å²) >= 11 is 12.7. The monoisotopic (exact) mass is 579 g/mol. The van der Waals surface area contributed by atoms with Gasteiger partial charge < -0.3 is 10.2 Å². The Morgan fingerprint density at radius 1 is 0.895 bits per heavy atom. The first-order chi connectivity index (χ1) is 17.9. The van der Waals surface area contributed by atoms with E-state index in [4.69, 9.17) is 23.2 Å². The molecule has 3 aromatic rings. The normalized spacial score (nSPS) is 12.2. The summed E-state index contributed by atoms with van der Waals surface area (Å²) in [5, 5.41) is 3.30. The smallest absolute Gasteiger partial charge is 0.264 e. The molecule has 0 spiro atoms. The highest BCUT2D eigenvalue weighted by Gasteiger charge is 2.34. The first-order valence-corrected chi connectivity index (χ1v) is 14.0. The fourth-order valence-corrected chi connectivity index (χ4v) is 5.69. The molecule has 0 heterocycles. The van der Waals surface area contributed by atoms with Crippen molar-refractivity contribution in [2.45, 2.75) is 44.3 Å². The molecule has 0 aliphatic carbocycles. The number of halogens is 3. The van der Waals surface area contributed by atoms with Gasteiger partial charge in [-0.3, -0.25) is 13.9 Å². The lowest BCUT2D eigenvalue weighted by Crippen LogP contribution is -2.52. The van der Waals surface area contributed by atoms with Crippen molar-refractivity contribution in [2.75, 3.05) is 10.8 Å². The van der Waals surface area contributed by atoms with Crippen molar-refractivity contribution in [3.8, 4) is 0 Å². The third-order valence-corrected chi connectivity index (χ3v) is 8.20. The van der Waals surface area contributed by atoms with E-state index in [-0.39, 0.29) is 33.2 Å². The number of benzene rings is 3. The Kier molecular flexibility index (Phi) is 9.76. The van der Waals surface area contributed by atoms with Gasteiger partial charge in [-0.15, -0.1) is 0 Å². The topological polar surface area (TPSA) is 86.8 Å². The molecular weight excluding hydrogens is 552 g/mol. The van der Waals surface area contributed by atoms with Gasteiger partial charge in [-0.25, -0.2) is 12.8 Å². The maximum Gasteiger partial charge on any atom is 0.264 e. The summed E-state index contributed by atoms with van der Waals surface area (Å²) in [6, 6.07) is 16.3. The van der Waals surface area contributed by atoms with Crippen LogP contribution in [0, 0.1) is 5.82 Å². The Labute approximate surface area is 232 Å². The standard InChI is InChI=1S/C27H28Cl2FN3O4S/c1-18(2)31-27(35)19(3)32(16-21-22(28)12-9-13-23(21)29)26(34)17-33(25-15-8-7-14-24(25)30)38(36,37)20-10-5-4-6-11-20/h4-15,18-19H,16-17H2,1-3H3,(H,31,35)/t19-/m1/s1. The fourth-order valence-electron chi connectivity index (χ4n) is 3.73. The predicted molar refractivity (Wildman–Crippen MR) is 147 cm³/mol. The Morgan fingerprint density at radius 2 is 1.47 bits per heavy atom. The third-order valence-electron chi connectivity index (χ3n) is 5.72. The van der Waals surface area contributed by atoms with Crippen LogP contribution in [0.1, 0.15) is 26.3 Å². The number of carbonyl (C=O) groups excluding carboxylic acids is 2. The van der Waals surface area contributed by atoms with E-state index in [9.17, 15) is 22.4 Å². The summed E-state index contributed by atoms with van der Waals surface area (Å²) in [7, 11) is -4.37. The number of hydrogen-bond donors (Lipinski definition) is 1. The van der Waals surface area contributed by atoms with Gasteiger partial charge in [-0.05, 0) is 57.2 Å². The van der Waals surface area contributed by atoms with E-state index >= 15 is 0 Å². The van der Waals surface area contributed by atoms with E-state index in [1.807, 2.05) is 0 Å². The van der Waals surface area contributed by atoms with Crippen molar-refractivity contribution in [1.82, 2.24) is 10.2 Å². The van der Waals surface area contributed by atoms with Crippen LogP contribution in [-0.2, 0) is 26.2 Å². The van der Waals surface area contributed by atoms with Gasteiger partial charge in [0.15, 0.2) is 0 Å². The Bertz CT molecular complexity index is 1380. The molecule has 0 fully saturated rings. The zero-order chi connectivity index (χ0) is 28.0. The molecule has 38 heavy (non-hydrogen) atoms. The third kappa shape index (κ3) is 6.83. The number of hydrogen-bond acceptors (Lipinski definition) is 4. The van der Waals surface area contributed by atoms with Crippen molar-refractivity contribution < 1.29 is 22.4 Å². The minimum absolute atomic E-state index is 0.123. The summed E-state index contributed by atoms with van der Waals surface area (Å²) in [4.78, 5) is 27.8. The van der Waals surface area contributed by atoms with E-state index in [1.54, 1.807) is 38.1 Å². The lowest BCUT2D eigenvalue weighted by Gasteiger charge is -2.32. The average Bonchev–Trinajstić information content (AvgIpc) is 2.87. The minimum atomic E-state index is -4.37. The van der Waals surface area contributed by atoms with Gasteiger partial charge in [0.1, 0.15) is 18.4 Å². The molecule has 0 unspecified atom stereocenters. The summed E-state index contributed by atoms with van der Waals surface area (Å²) < 4.78 is 42.8. The van der Waals surface area contributed by atoms with Gasteiger partial charge in [-0.2, -0.15) is 0 Å². The van der Waals surface area contributed by atoms with Crippen molar-refractivity contribution in [2.24, 2.45) is 0 Å². The van der Waals surface area contributed by atoms with Gasteiger partial charge >= 0.3 is 0 Å². The summed E-state index contributed by atoms with van der Waals surface area (Å²) in [5.41, 5.74) is 0.0800. The summed E-state index contributed by atoms with van der Waals surface area (Å²) in [6.45, 7) is 4.10. The molecule has 0 saturated carbocycles. The number of sulfonamides is 1. The molecule has 11 heteroatoms. The average molecular weight is 581 g/mol. The van der Waals surface area contributed by atoms with Crippen LogP contribution in [0.25, 0.3) is 0 Å². The largest absolute Gasteiger partial charge is 0.352 e. The first-order valence-electron chi connectivity index (χ1n) is 11.8. The zero-order valence-corrected chi connectivity index (χ0v) is 23.4. The molecule has 1 N–H and O–H groups in total. The van der Waals surface area contributed by atoms with E-state index in [0.29, 0.717) is 9.87 Å². The number of nitrogens with zero attached hydrogens (tertiary/aromatic N) is 2. The van der Waals surface area contributed by atoms with Crippen LogP contribution in [0.5, 0.6) is 0 Å². The van der Waals surface area contributed by atoms with E-state index in [0.717, 1.165) is 6.07 Å². The molecule has 1 atom stereocenters. The lowest BCUT2D eigenvalue weighted by molar-refractivity contribution is -0.139. The minimum Gasteiger partial charge on any atom is -0.352 e. The SMILES string of the molecule is CC(C)NC(=O)[C@@H](C)N(Cc1c(Cl)cccc1Cl)C(=O)CN(c1ccccc1F)S(=O)(=O)c1ccccc1. The van der Waals surface area contributed by atoms with E-state index in [2.05, 4.69) is 5.32 Å². The van der Waals surface area contributed by atoms with E-state index < -0.39 is 40.2 Å². The van der Waals surface area contributed by atoms with Gasteiger partial charge in [-0.1, -0.05) is 59.6 Å². The number of para-hydroxylation sites is 1. The predicted octanol–water partition coefficient (Wildman–Crippen LogP) is 5.27.